The van der Waals surface area contributed by atoms with Gasteiger partial charge in [0.25, 0.3) is 0 Å². The van der Waals surface area contributed by atoms with Crippen LogP contribution in [0.25, 0.3) is 0 Å². The summed E-state index contributed by atoms with van der Waals surface area (Å²) in [5, 5.41) is 11.9. The van der Waals surface area contributed by atoms with E-state index in [2.05, 4.69) is 22.0 Å². The molecule has 1 rings (SSSR count). The van der Waals surface area contributed by atoms with Crippen LogP contribution in [-0.2, 0) is 0 Å². The molecular formula is C13H22N4O. The van der Waals surface area contributed by atoms with Crippen LogP contribution in [0.3, 0.4) is 0 Å². The van der Waals surface area contributed by atoms with E-state index < -0.39 is 0 Å². The maximum absolute atomic E-state index is 8.85. The number of rotatable bonds is 6. The maximum atomic E-state index is 8.85. The van der Waals surface area contributed by atoms with E-state index in [1.54, 1.807) is 6.20 Å². The maximum Gasteiger partial charge on any atom is 0.174 e. The van der Waals surface area contributed by atoms with Gasteiger partial charge in [-0.05, 0) is 25.0 Å². The van der Waals surface area contributed by atoms with Gasteiger partial charge in [0.05, 0.1) is 5.56 Å². The molecule has 0 saturated heterocycles. The molecule has 0 bridgehead atoms. The molecule has 100 valence electrons. The topological polar surface area (TPSA) is 74.7 Å². The molecule has 3 N–H and O–H groups in total. The fourth-order valence-corrected chi connectivity index (χ4v) is 1.90. The highest BCUT2D eigenvalue weighted by molar-refractivity contribution is 6.02. The number of aryl methyl sites for hydroxylation is 1. The minimum absolute atomic E-state index is 0.109. The standard InChI is InChI=1S/C13H22N4O/c1-4-5-6-9-17(3)13-11(12(14)16-18)10(2)7-8-15-13/h7-8,18H,4-6,9H2,1-3H3,(H2,14,16). The average molecular weight is 250 g/mol. The van der Waals surface area contributed by atoms with E-state index in [9.17, 15) is 0 Å². The highest BCUT2D eigenvalue weighted by atomic mass is 16.4. The molecule has 0 saturated carbocycles. The van der Waals surface area contributed by atoms with Gasteiger partial charge in [-0.2, -0.15) is 0 Å². The average Bonchev–Trinajstić information content (AvgIpc) is 2.37. The highest BCUT2D eigenvalue weighted by Gasteiger charge is 2.14. The molecule has 0 aliphatic heterocycles. The molecular weight excluding hydrogens is 228 g/mol. The molecule has 0 radical (unpaired) electrons. The molecule has 0 aliphatic carbocycles. The molecule has 0 atom stereocenters. The summed E-state index contributed by atoms with van der Waals surface area (Å²) in [7, 11) is 1.98. The Bertz CT molecular complexity index is 417. The summed E-state index contributed by atoms with van der Waals surface area (Å²) in [6.07, 6.45) is 5.23. The smallest absolute Gasteiger partial charge is 0.174 e. The molecule has 0 amide bonds. The number of nitrogens with zero attached hydrogens (tertiary/aromatic N) is 3. The van der Waals surface area contributed by atoms with Crippen LogP contribution in [0.2, 0.25) is 0 Å². The lowest BCUT2D eigenvalue weighted by Crippen LogP contribution is -2.25. The van der Waals surface area contributed by atoms with Gasteiger partial charge in [0.2, 0.25) is 0 Å². The van der Waals surface area contributed by atoms with Gasteiger partial charge in [-0.15, -0.1) is 0 Å². The molecule has 1 heterocycles. The van der Waals surface area contributed by atoms with Gasteiger partial charge in [-0.25, -0.2) is 4.98 Å². The third-order valence-electron chi connectivity index (χ3n) is 2.96. The number of nitrogens with two attached hydrogens (primary N) is 1. The SMILES string of the molecule is CCCCCN(C)c1nccc(C)c1/C(N)=N/O. The van der Waals surface area contributed by atoms with Crippen molar-refractivity contribution < 1.29 is 5.21 Å². The predicted octanol–water partition coefficient (Wildman–Crippen LogP) is 2.11. The number of unbranched alkanes of at least 4 members (excludes halogenated alkanes) is 2. The quantitative estimate of drug-likeness (QED) is 0.266. The van der Waals surface area contributed by atoms with Gasteiger partial charge in [-0.3, -0.25) is 0 Å². The Labute approximate surface area is 108 Å². The van der Waals surface area contributed by atoms with Gasteiger partial charge < -0.3 is 15.8 Å². The monoisotopic (exact) mass is 250 g/mol. The van der Waals surface area contributed by atoms with Crippen LogP contribution in [0, 0.1) is 6.92 Å². The highest BCUT2D eigenvalue weighted by Crippen LogP contribution is 2.20. The number of hydrogen-bond donors (Lipinski definition) is 2. The first kappa shape index (κ1) is 14.3. The molecule has 5 nitrogen and oxygen atoms in total. The van der Waals surface area contributed by atoms with Crippen LogP contribution in [0.1, 0.15) is 37.3 Å². The summed E-state index contributed by atoms with van der Waals surface area (Å²) < 4.78 is 0. The molecule has 18 heavy (non-hydrogen) atoms. The second-order valence-corrected chi connectivity index (χ2v) is 4.44. The molecule has 0 spiro atoms. The zero-order valence-electron chi connectivity index (χ0n) is 11.3. The number of anilines is 1. The van der Waals surface area contributed by atoms with Crippen LogP contribution >= 0.6 is 0 Å². The molecule has 0 aliphatic rings. The largest absolute Gasteiger partial charge is 0.409 e. The molecule has 1 aromatic rings. The van der Waals surface area contributed by atoms with Crippen molar-refractivity contribution >= 4 is 11.7 Å². The minimum atomic E-state index is 0.109. The van der Waals surface area contributed by atoms with Gasteiger partial charge in [0.1, 0.15) is 5.82 Å². The van der Waals surface area contributed by atoms with E-state index in [4.69, 9.17) is 10.9 Å². The Balaban J connectivity index is 2.97. The van der Waals surface area contributed by atoms with Crippen molar-refractivity contribution in [2.24, 2.45) is 10.9 Å². The lowest BCUT2D eigenvalue weighted by atomic mass is 10.1. The first-order valence-corrected chi connectivity index (χ1v) is 6.26. The lowest BCUT2D eigenvalue weighted by Gasteiger charge is -2.21. The summed E-state index contributed by atoms with van der Waals surface area (Å²) in [6, 6.07) is 1.86. The van der Waals surface area contributed by atoms with Crippen molar-refractivity contribution in [1.29, 1.82) is 0 Å². The number of amidine groups is 1. The fraction of sp³-hybridized carbons (Fsp3) is 0.538. The Hall–Kier alpha value is -1.78. The molecule has 0 fully saturated rings. The van der Waals surface area contributed by atoms with E-state index >= 15 is 0 Å². The summed E-state index contributed by atoms with van der Waals surface area (Å²) in [4.78, 5) is 6.39. The van der Waals surface area contributed by atoms with Gasteiger partial charge in [0.15, 0.2) is 5.84 Å². The van der Waals surface area contributed by atoms with Gasteiger partial charge >= 0.3 is 0 Å². The minimum Gasteiger partial charge on any atom is -0.409 e. The van der Waals surface area contributed by atoms with Crippen LogP contribution in [0.5, 0.6) is 0 Å². The Morgan fingerprint density at radius 1 is 1.50 bits per heavy atom. The van der Waals surface area contributed by atoms with E-state index in [-0.39, 0.29) is 5.84 Å². The summed E-state index contributed by atoms with van der Waals surface area (Å²) >= 11 is 0. The molecule has 5 heteroatoms. The second-order valence-electron chi connectivity index (χ2n) is 4.44. The first-order chi connectivity index (χ1) is 8.61. The second kappa shape index (κ2) is 6.83. The van der Waals surface area contributed by atoms with Crippen molar-refractivity contribution in [3.8, 4) is 0 Å². The molecule has 0 unspecified atom stereocenters. The first-order valence-electron chi connectivity index (χ1n) is 6.26. The summed E-state index contributed by atoms with van der Waals surface area (Å²) in [6.45, 7) is 5.02. The number of oxime groups is 1. The van der Waals surface area contributed by atoms with Crippen molar-refractivity contribution in [3.05, 3.63) is 23.4 Å². The van der Waals surface area contributed by atoms with Crippen molar-refractivity contribution in [3.63, 3.8) is 0 Å². The third-order valence-corrected chi connectivity index (χ3v) is 2.96. The van der Waals surface area contributed by atoms with E-state index in [1.165, 1.54) is 12.8 Å². The van der Waals surface area contributed by atoms with Crippen LogP contribution in [-0.4, -0.2) is 29.6 Å². The van der Waals surface area contributed by atoms with Crippen molar-refractivity contribution in [2.45, 2.75) is 33.1 Å². The predicted molar refractivity (Wildman–Crippen MR) is 74.3 cm³/mol. The Morgan fingerprint density at radius 2 is 2.22 bits per heavy atom. The van der Waals surface area contributed by atoms with E-state index in [0.717, 1.165) is 24.3 Å². The zero-order valence-corrected chi connectivity index (χ0v) is 11.3. The van der Waals surface area contributed by atoms with E-state index in [1.807, 2.05) is 20.0 Å². The van der Waals surface area contributed by atoms with Crippen LogP contribution in [0.15, 0.2) is 17.4 Å². The molecule has 1 aromatic heterocycles. The Morgan fingerprint density at radius 3 is 2.83 bits per heavy atom. The number of aromatic nitrogens is 1. The van der Waals surface area contributed by atoms with Crippen molar-refractivity contribution in [1.82, 2.24) is 4.98 Å². The van der Waals surface area contributed by atoms with Crippen LogP contribution in [0.4, 0.5) is 5.82 Å². The number of hydrogen-bond acceptors (Lipinski definition) is 4. The summed E-state index contributed by atoms with van der Waals surface area (Å²) in [5.74, 6) is 0.874. The Kier molecular flexibility index (Phi) is 5.42. The van der Waals surface area contributed by atoms with Crippen LogP contribution < -0.4 is 10.6 Å². The summed E-state index contributed by atoms with van der Waals surface area (Å²) in [5.41, 5.74) is 7.39. The third kappa shape index (κ3) is 3.35. The van der Waals surface area contributed by atoms with Gasteiger partial charge in [-0.1, -0.05) is 24.9 Å². The van der Waals surface area contributed by atoms with E-state index in [0.29, 0.717) is 5.56 Å². The zero-order chi connectivity index (χ0) is 13.5. The lowest BCUT2D eigenvalue weighted by molar-refractivity contribution is 0.318. The van der Waals surface area contributed by atoms with Gasteiger partial charge in [0, 0.05) is 19.8 Å². The number of pyridine rings is 1. The van der Waals surface area contributed by atoms with Crippen molar-refractivity contribution in [2.75, 3.05) is 18.5 Å². The normalized spacial score (nSPS) is 11.6. The fourth-order valence-electron chi connectivity index (χ4n) is 1.90. The molecule has 0 aromatic carbocycles.